The van der Waals surface area contributed by atoms with Gasteiger partial charge in [0.2, 0.25) is 0 Å². The summed E-state index contributed by atoms with van der Waals surface area (Å²) in [5.74, 6) is 0.492. The summed E-state index contributed by atoms with van der Waals surface area (Å²) in [6, 6.07) is 0. The van der Waals surface area contributed by atoms with E-state index in [9.17, 15) is 13.2 Å². The second kappa shape index (κ2) is 7.94. The summed E-state index contributed by atoms with van der Waals surface area (Å²) < 4.78 is 39.9. The minimum Gasteiger partial charge on any atom is -0.357 e. The minimum atomic E-state index is -4.47. The van der Waals surface area contributed by atoms with Gasteiger partial charge in [-0.1, -0.05) is 0 Å². The zero-order valence-electron chi connectivity index (χ0n) is 14.1. The molecule has 0 amide bonds. The van der Waals surface area contributed by atoms with Crippen molar-refractivity contribution in [2.75, 3.05) is 19.3 Å². The molecule has 0 spiro atoms. The average Bonchev–Trinajstić information content (AvgIpc) is 2.83. The summed E-state index contributed by atoms with van der Waals surface area (Å²) in [5, 5.41) is 9.68. The molecule has 0 aromatic carbocycles. The van der Waals surface area contributed by atoms with Crippen molar-refractivity contribution in [1.29, 1.82) is 0 Å². The van der Waals surface area contributed by atoms with Crippen LogP contribution in [0.15, 0.2) is 11.2 Å². The number of aryl methyl sites for hydroxylation is 1. The second-order valence-corrected chi connectivity index (χ2v) is 7.20. The SMILES string of the molecule is CCNC(=NCc1cn(C)nc1C(F)(F)F)NCC(C)(C)SC. The second-order valence-electron chi connectivity index (χ2n) is 5.69. The topological polar surface area (TPSA) is 54.2 Å². The van der Waals surface area contributed by atoms with E-state index in [2.05, 4.69) is 34.6 Å². The van der Waals surface area contributed by atoms with Crippen molar-refractivity contribution in [3.05, 3.63) is 17.5 Å². The fourth-order valence-electron chi connectivity index (χ4n) is 1.77. The number of aliphatic imine (C=N–C) groups is 1. The Morgan fingerprint density at radius 1 is 1.35 bits per heavy atom. The molecule has 132 valence electrons. The van der Waals surface area contributed by atoms with Gasteiger partial charge in [0.1, 0.15) is 0 Å². The molecule has 23 heavy (non-hydrogen) atoms. The van der Waals surface area contributed by atoms with Gasteiger partial charge in [-0.15, -0.1) is 0 Å². The molecule has 0 saturated carbocycles. The van der Waals surface area contributed by atoms with Gasteiger partial charge in [-0.2, -0.15) is 30.0 Å². The monoisotopic (exact) mass is 351 g/mol. The first kappa shape index (κ1) is 19.7. The third-order valence-corrected chi connectivity index (χ3v) is 4.41. The highest BCUT2D eigenvalue weighted by molar-refractivity contribution is 7.99. The van der Waals surface area contributed by atoms with Crippen LogP contribution in [0.5, 0.6) is 0 Å². The molecule has 0 unspecified atom stereocenters. The maximum Gasteiger partial charge on any atom is 0.435 e. The standard InChI is InChI=1S/C14H24F3N5S/c1-6-18-12(20-9-13(2,3)23-5)19-7-10-8-22(4)21-11(10)14(15,16)17/h8H,6-7,9H2,1-5H3,(H2,18,19,20). The summed E-state index contributed by atoms with van der Waals surface area (Å²) in [5.41, 5.74) is -0.828. The molecule has 1 aromatic heterocycles. The molecule has 0 aliphatic heterocycles. The summed E-state index contributed by atoms with van der Waals surface area (Å²) in [6.45, 7) is 7.26. The first-order chi connectivity index (χ1) is 10.6. The molecule has 5 nitrogen and oxygen atoms in total. The molecular formula is C14H24F3N5S. The van der Waals surface area contributed by atoms with E-state index in [1.165, 1.54) is 13.2 Å². The van der Waals surface area contributed by atoms with Crippen molar-refractivity contribution < 1.29 is 13.2 Å². The molecule has 0 aliphatic rings. The van der Waals surface area contributed by atoms with Crippen LogP contribution < -0.4 is 10.6 Å². The highest BCUT2D eigenvalue weighted by Crippen LogP contribution is 2.30. The van der Waals surface area contributed by atoms with Crippen LogP contribution in [0.3, 0.4) is 0 Å². The van der Waals surface area contributed by atoms with Gasteiger partial charge in [0, 0.05) is 36.6 Å². The predicted octanol–water partition coefficient (Wildman–Crippen LogP) is 2.64. The molecule has 1 rings (SSSR count). The Balaban J connectivity index is 2.86. The van der Waals surface area contributed by atoms with E-state index in [-0.39, 0.29) is 16.9 Å². The first-order valence-corrected chi connectivity index (χ1v) is 8.48. The lowest BCUT2D eigenvalue weighted by molar-refractivity contribution is -0.142. The van der Waals surface area contributed by atoms with Crippen LogP contribution in [0.2, 0.25) is 0 Å². The van der Waals surface area contributed by atoms with Crippen molar-refractivity contribution in [1.82, 2.24) is 20.4 Å². The number of rotatable bonds is 6. The Labute approximate surface area is 139 Å². The van der Waals surface area contributed by atoms with Crippen molar-refractivity contribution in [3.8, 4) is 0 Å². The van der Waals surface area contributed by atoms with Crippen molar-refractivity contribution >= 4 is 17.7 Å². The number of guanidine groups is 1. The average molecular weight is 351 g/mol. The van der Waals surface area contributed by atoms with Crippen LogP contribution in [0, 0.1) is 0 Å². The van der Waals surface area contributed by atoms with E-state index in [1.54, 1.807) is 11.8 Å². The third-order valence-electron chi connectivity index (χ3n) is 3.16. The van der Waals surface area contributed by atoms with Gasteiger partial charge in [0.25, 0.3) is 0 Å². The fourth-order valence-corrected chi connectivity index (χ4v) is 1.98. The molecule has 9 heteroatoms. The summed E-state index contributed by atoms with van der Waals surface area (Å²) >= 11 is 1.70. The van der Waals surface area contributed by atoms with E-state index in [0.29, 0.717) is 19.0 Å². The normalized spacial score (nSPS) is 13.3. The summed E-state index contributed by atoms with van der Waals surface area (Å²) in [4.78, 5) is 4.24. The van der Waals surface area contributed by atoms with Gasteiger partial charge in [0.15, 0.2) is 11.7 Å². The van der Waals surface area contributed by atoms with Crippen LogP contribution in [0.4, 0.5) is 13.2 Å². The van der Waals surface area contributed by atoms with Crippen molar-refractivity contribution in [3.63, 3.8) is 0 Å². The van der Waals surface area contributed by atoms with Crippen LogP contribution >= 0.6 is 11.8 Å². The highest BCUT2D eigenvalue weighted by Gasteiger charge is 2.36. The quantitative estimate of drug-likeness (QED) is 0.611. The van der Waals surface area contributed by atoms with Crippen LogP contribution in [0.25, 0.3) is 0 Å². The fraction of sp³-hybridized carbons (Fsp3) is 0.714. The van der Waals surface area contributed by atoms with E-state index in [4.69, 9.17) is 0 Å². The van der Waals surface area contributed by atoms with Crippen molar-refractivity contribution in [2.45, 2.75) is 38.2 Å². The molecule has 0 bridgehead atoms. The van der Waals surface area contributed by atoms with Crippen LogP contribution in [-0.4, -0.2) is 39.8 Å². The number of aromatic nitrogens is 2. The Morgan fingerprint density at radius 2 is 2.00 bits per heavy atom. The molecule has 0 atom stereocenters. The van der Waals surface area contributed by atoms with E-state index in [1.807, 2.05) is 13.2 Å². The lowest BCUT2D eigenvalue weighted by Gasteiger charge is -2.23. The Hall–Kier alpha value is -1.38. The first-order valence-electron chi connectivity index (χ1n) is 7.26. The molecule has 0 saturated heterocycles. The number of nitrogens with zero attached hydrogens (tertiary/aromatic N) is 3. The van der Waals surface area contributed by atoms with E-state index >= 15 is 0 Å². The molecule has 1 heterocycles. The Morgan fingerprint density at radius 3 is 2.52 bits per heavy atom. The van der Waals surface area contributed by atoms with Gasteiger partial charge in [0.05, 0.1) is 6.54 Å². The van der Waals surface area contributed by atoms with E-state index < -0.39 is 11.9 Å². The van der Waals surface area contributed by atoms with Crippen LogP contribution in [0.1, 0.15) is 32.0 Å². The largest absolute Gasteiger partial charge is 0.435 e. The van der Waals surface area contributed by atoms with Gasteiger partial charge < -0.3 is 10.6 Å². The van der Waals surface area contributed by atoms with Crippen molar-refractivity contribution in [2.24, 2.45) is 12.0 Å². The lowest BCUT2D eigenvalue weighted by Crippen LogP contribution is -2.43. The van der Waals surface area contributed by atoms with Crippen LogP contribution in [-0.2, 0) is 19.8 Å². The molecule has 1 aromatic rings. The number of nitrogens with one attached hydrogen (secondary N) is 2. The molecule has 0 aliphatic carbocycles. The smallest absolute Gasteiger partial charge is 0.357 e. The Kier molecular flexibility index (Phi) is 6.79. The van der Waals surface area contributed by atoms with E-state index in [0.717, 1.165) is 4.68 Å². The van der Waals surface area contributed by atoms with Gasteiger partial charge >= 0.3 is 6.18 Å². The van der Waals surface area contributed by atoms with Gasteiger partial charge in [-0.25, -0.2) is 4.99 Å². The maximum atomic E-state index is 12.9. The molecule has 2 N–H and O–H groups in total. The molecular weight excluding hydrogens is 327 g/mol. The zero-order chi connectivity index (χ0) is 17.7. The Bertz CT molecular complexity index is 537. The third kappa shape index (κ3) is 6.32. The molecule has 0 radical (unpaired) electrons. The maximum absolute atomic E-state index is 12.9. The van der Waals surface area contributed by atoms with Gasteiger partial charge in [-0.05, 0) is 27.0 Å². The number of thioether (sulfide) groups is 1. The highest BCUT2D eigenvalue weighted by atomic mass is 32.2. The molecule has 0 fully saturated rings. The minimum absolute atomic E-state index is 0.00161. The number of hydrogen-bond donors (Lipinski definition) is 2. The lowest BCUT2D eigenvalue weighted by atomic mass is 10.2. The number of halogens is 3. The number of alkyl halides is 3. The van der Waals surface area contributed by atoms with Gasteiger partial charge in [-0.3, -0.25) is 4.68 Å². The zero-order valence-corrected chi connectivity index (χ0v) is 14.9. The predicted molar refractivity (Wildman–Crippen MR) is 88.6 cm³/mol. The summed E-state index contributed by atoms with van der Waals surface area (Å²) in [7, 11) is 1.47. The summed E-state index contributed by atoms with van der Waals surface area (Å²) in [6.07, 6.45) is -1.11. The number of hydrogen-bond acceptors (Lipinski definition) is 3.